The first-order valence-electron chi connectivity index (χ1n) is 4.06. The van der Waals surface area contributed by atoms with E-state index in [2.05, 4.69) is 20.4 Å². The van der Waals surface area contributed by atoms with Gasteiger partial charge in [0.2, 0.25) is 0 Å². The van der Waals surface area contributed by atoms with Gasteiger partial charge < -0.3 is 0 Å². The molecule has 0 heterocycles. The van der Waals surface area contributed by atoms with Gasteiger partial charge in [-0.1, -0.05) is 44.7 Å². The molecule has 0 nitrogen and oxygen atoms in total. The highest BCUT2D eigenvalue weighted by Gasteiger charge is 1.99. The maximum Gasteiger partial charge on any atom is 0.123 e. The summed E-state index contributed by atoms with van der Waals surface area (Å²) in [6.45, 7) is 7.45. The average Bonchev–Trinajstić information content (AvgIpc) is 2.04. The minimum absolute atomic E-state index is 0.370. The normalized spacial score (nSPS) is 10.3. The van der Waals surface area contributed by atoms with Crippen molar-refractivity contribution in [3.63, 3.8) is 0 Å². The largest absolute Gasteiger partial charge is 0.207 e. The quantitative estimate of drug-likeness (QED) is 0.624. The van der Waals surface area contributed by atoms with Crippen molar-refractivity contribution in [2.45, 2.75) is 19.8 Å². The highest BCUT2D eigenvalue weighted by molar-refractivity contribution is 5.56. The molecule has 0 N–H and O–H groups in total. The Morgan fingerprint density at radius 2 is 1.75 bits per heavy atom. The Bertz CT molecular complexity index is 270. The van der Waals surface area contributed by atoms with Crippen LogP contribution in [0.3, 0.4) is 0 Å². The number of rotatable bonds is 2. The zero-order valence-corrected chi connectivity index (χ0v) is 7.47. The van der Waals surface area contributed by atoms with Crippen LogP contribution in [-0.2, 0) is 0 Å². The van der Waals surface area contributed by atoms with Gasteiger partial charge in [-0.05, 0) is 11.5 Å². The molecule has 0 aliphatic heterocycles. The van der Waals surface area contributed by atoms with Crippen LogP contribution in [0.1, 0.15) is 30.9 Å². The Kier molecular flexibility index (Phi) is 2.64. The molecule has 0 amide bonds. The summed E-state index contributed by atoms with van der Waals surface area (Å²) in [5, 5.41) is 0. The highest BCUT2D eigenvalue weighted by Crippen LogP contribution is 2.18. The van der Waals surface area contributed by atoms with Crippen LogP contribution in [0, 0.1) is 0 Å². The molecule has 0 atom stereocenters. The number of benzene rings is 1. The third-order valence-corrected chi connectivity index (χ3v) is 1.89. The second kappa shape index (κ2) is 3.53. The zero-order chi connectivity index (χ0) is 9.14. The summed E-state index contributed by atoms with van der Waals surface area (Å²) in [6.07, 6.45) is 0. The second-order valence-corrected chi connectivity index (χ2v) is 3.18. The molecule has 1 aromatic carbocycles. The molecule has 0 aliphatic carbocycles. The first-order chi connectivity index (χ1) is 5.61. The van der Waals surface area contributed by atoms with Gasteiger partial charge in [-0.25, -0.2) is 4.39 Å². The van der Waals surface area contributed by atoms with E-state index in [4.69, 9.17) is 0 Å². The molecule has 1 rings (SSSR count). The molecule has 0 unspecified atom stereocenters. The zero-order valence-electron chi connectivity index (χ0n) is 7.47. The van der Waals surface area contributed by atoms with Crippen molar-refractivity contribution in [3.05, 3.63) is 42.0 Å². The van der Waals surface area contributed by atoms with Crippen LogP contribution in [0.5, 0.6) is 0 Å². The molecule has 0 fully saturated rings. The van der Waals surface area contributed by atoms with Crippen LogP contribution < -0.4 is 0 Å². The van der Waals surface area contributed by atoms with Crippen molar-refractivity contribution >= 4 is 5.83 Å². The molecule has 1 heteroatoms. The van der Waals surface area contributed by atoms with E-state index in [1.165, 1.54) is 5.56 Å². The molecule has 0 spiro atoms. The second-order valence-electron chi connectivity index (χ2n) is 3.18. The molecular formula is C11H13F. The van der Waals surface area contributed by atoms with Crippen LogP contribution in [0.4, 0.5) is 4.39 Å². The van der Waals surface area contributed by atoms with Gasteiger partial charge in [-0.15, -0.1) is 0 Å². The van der Waals surface area contributed by atoms with Gasteiger partial charge in [0.25, 0.3) is 0 Å². The summed E-state index contributed by atoms with van der Waals surface area (Å²) in [5.74, 6) is 0.122. The Hall–Kier alpha value is -1.11. The molecular weight excluding hydrogens is 151 g/mol. The first-order valence-corrected chi connectivity index (χ1v) is 4.06. The van der Waals surface area contributed by atoms with E-state index >= 15 is 0 Å². The number of hydrogen-bond acceptors (Lipinski definition) is 0. The molecule has 64 valence electrons. The van der Waals surface area contributed by atoms with Crippen LogP contribution in [-0.4, -0.2) is 0 Å². The van der Waals surface area contributed by atoms with E-state index in [-0.39, 0.29) is 5.83 Å². The molecule has 0 bridgehead atoms. The predicted octanol–water partition coefficient (Wildman–Crippen LogP) is 3.75. The third kappa shape index (κ3) is 1.94. The predicted molar refractivity (Wildman–Crippen MR) is 50.7 cm³/mol. The lowest BCUT2D eigenvalue weighted by Crippen LogP contribution is -1.86. The maximum absolute atomic E-state index is 12.6. The molecule has 0 saturated carbocycles. The minimum atomic E-state index is -0.370. The lowest BCUT2D eigenvalue weighted by atomic mass is 10.0. The van der Waals surface area contributed by atoms with Gasteiger partial charge in [0.05, 0.1) is 0 Å². The van der Waals surface area contributed by atoms with Gasteiger partial charge in [0.15, 0.2) is 0 Å². The smallest absolute Gasteiger partial charge is 0.123 e. The molecule has 0 saturated heterocycles. The van der Waals surface area contributed by atoms with Crippen LogP contribution in [0.25, 0.3) is 5.83 Å². The Balaban J connectivity index is 2.93. The van der Waals surface area contributed by atoms with E-state index < -0.39 is 0 Å². The molecule has 1 aromatic rings. The standard InChI is InChI=1S/C11H13F/c1-8(2)10-4-6-11(7-5-10)9(3)12/h4-8H,3H2,1-2H3. The van der Waals surface area contributed by atoms with Crippen molar-refractivity contribution in [2.24, 2.45) is 0 Å². The molecule has 0 aliphatic rings. The Morgan fingerprint density at radius 3 is 2.08 bits per heavy atom. The van der Waals surface area contributed by atoms with Crippen LogP contribution >= 0.6 is 0 Å². The monoisotopic (exact) mass is 164 g/mol. The van der Waals surface area contributed by atoms with Gasteiger partial charge in [-0.2, -0.15) is 0 Å². The number of hydrogen-bond donors (Lipinski definition) is 0. The van der Waals surface area contributed by atoms with Gasteiger partial charge in [0, 0.05) is 5.56 Å². The first kappa shape index (κ1) is 8.98. The topological polar surface area (TPSA) is 0 Å². The lowest BCUT2D eigenvalue weighted by molar-refractivity contribution is 0.762. The van der Waals surface area contributed by atoms with Crippen molar-refractivity contribution in [1.82, 2.24) is 0 Å². The van der Waals surface area contributed by atoms with Crippen LogP contribution in [0.2, 0.25) is 0 Å². The Morgan fingerprint density at radius 1 is 1.25 bits per heavy atom. The lowest BCUT2D eigenvalue weighted by Gasteiger charge is -2.04. The molecule has 0 radical (unpaired) electrons. The highest BCUT2D eigenvalue weighted by atomic mass is 19.1. The van der Waals surface area contributed by atoms with Gasteiger partial charge in [-0.3, -0.25) is 0 Å². The average molecular weight is 164 g/mol. The van der Waals surface area contributed by atoms with Crippen LogP contribution in [0.15, 0.2) is 30.8 Å². The minimum Gasteiger partial charge on any atom is -0.207 e. The number of halogens is 1. The van der Waals surface area contributed by atoms with E-state index in [0.29, 0.717) is 11.5 Å². The fourth-order valence-electron chi connectivity index (χ4n) is 1.05. The van der Waals surface area contributed by atoms with Crippen molar-refractivity contribution < 1.29 is 4.39 Å². The SMILES string of the molecule is C=C(F)c1ccc(C(C)C)cc1. The fraction of sp³-hybridized carbons (Fsp3) is 0.273. The maximum atomic E-state index is 12.6. The summed E-state index contributed by atoms with van der Waals surface area (Å²) in [6, 6.07) is 7.39. The summed E-state index contributed by atoms with van der Waals surface area (Å²) >= 11 is 0. The fourth-order valence-corrected chi connectivity index (χ4v) is 1.05. The third-order valence-electron chi connectivity index (χ3n) is 1.89. The summed E-state index contributed by atoms with van der Waals surface area (Å²) in [7, 11) is 0. The molecule has 0 aromatic heterocycles. The van der Waals surface area contributed by atoms with Crippen molar-refractivity contribution in [3.8, 4) is 0 Å². The summed E-state index contributed by atoms with van der Waals surface area (Å²) < 4.78 is 12.6. The molecule has 12 heavy (non-hydrogen) atoms. The van der Waals surface area contributed by atoms with E-state index in [9.17, 15) is 4.39 Å². The van der Waals surface area contributed by atoms with Gasteiger partial charge in [0.1, 0.15) is 5.83 Å². The van der Waals surface area contributed by atoms with Gasteiger partial charge >= 0.3 is 0 Å². The summed E-state index contributed by atoms with van der Waals surface area (Å²) in [5.41, 5.74) is 1.79. The van der Waals surface area contributed by atoms with E-state index in [1.807, 2.05) is 12.1 Å². The van der Waals surface area contributed by atoms with E-state index in [0.717, 1.165) is 0 Å². The Labute approximate surface area is 72.7 Å². The van der Waals surface area contributed by atoms with Crippen molar-refractivity contribution in [1.29, 1.82) is 0 Å². The summed E-state index contributed by atoms with van der Waals surface area (Å²) in [4.78, 5) is 0. The van der Waals surface area contributed by atoms with E-state index in [1.54, 1.807) is 12.1 Å². The van der Waals surface area contributed by atoms with Crippen molar-refractivity contribution in [2.75, 3.05) is 0 Å².